The second kappa shape index (κ2) is 6.46. The molecule has 3 heteroatoms. The van der Waals surface area contributed by atoms with E-state index in [0.29, 0.717) is 5.69 Å². The number of allylic oxidation sites excluding steroid dienone is 1. The molecule has 0 atom stereocenters. The van der Waals surface area contributed by atoms with Gasteiger partial charge < -0.3 is 0 Å². The molecule has 3 rings (SSSR count). The van der Waals surface area contributed by atoms with Crippen LogP contribution >= 0.6 is 0 Å². The molecule has 1 aromatic carbocycles. The SMILES string of the molecule is Cc1ccc(/C=C/C(=O)c2cnc3c([n+]2C)C(C)(C)CCC3(C)C)cc1. The molecule has 0 saturated carbocycles. The van der Waals surface area contributed by atoms with Gasteiger partial charge >= 0.3 is 0 Å². The number of fused-ring (bicyclic) bond motifs is 1. The van der Waals surface area contributed by atoms with Crippen LogP contribution in [0.15, 0.2) is 36.5 Å². The van der Waals surface area contributed by atoms with E-state index in [2.05, 4.69) is 51.3 Å². The monoisotopic (exact) mass is 349 g/mol. The first kappa shape index (κ1) is 18.5. The molecule has 1 aromatic heterocycles. The molecule has 1 heterocycles. The third kappa shape index (κ3) is 3.35. The van der Waals surface area contributed by atoms with Gasteiger partial charge in [-0.15, -0.1) is 0 Å². The summed E-state index contributed by atoms with van der Waals surface area (Å²) in [5, 5.41) is 0. The highest BCUT2D eigenvalue weighted by molar-refractivity contribution is 6.04. The van der Waals surface area contributed by atoms with Crippen LogP contribution in [0.1, 0.15) is 73.5 Å². The van der Waals surface area contributed by atoms with E-state index in [1.165, 1.54) is 11.3 Å². The highest BCUT2D eigenvalue weighted by Gasteiger charge is 2.45. The van der Waals surface area contributed by atoms with E-state index in [0.717, 1.165) is 24.1 Å². The Hall–Kier alpha value is -2.29. The van der Waals surface area contributed by atoms with Crippen molar-refractivity contribution in [1.82, 2.24) is 4.98 Å². The number of ketones is 1. The number of aryl methyl sites for hydroxylation is 1. The first-order valence-electron chi connectivity index (χ1n) is 9.31. The quantitative estimate of drug-likeness (QED) is 0.466. The van der Waals surface area contributed by atoms with E-state index in [4.69, 9.17) is 4.98 Å². The summed E-state index contributed by atoms with van der Waals surface area (Å²) in [5.74, 6) is -0.0115. The van der Waals surface area contributed by atoms with Crippen LogP contribution in [0.25, 0.3) is 6.08 Å². The molecule has 2 aromatic rings. The lowest BCUT2D eigenvalue weighted by Crippen LogP contribution is -2.51. The van der Waals surface area contributed by atoms with Crippen LogP contribution in [0.2, 0.25) is 0 Å². The third-order valence-corrected chi connectivity index (χ3v) is 5.65. The highest BCUT2D eigenvalue weighted by atomic mass is 16.1. The van der Waals surface area contributed by atoms with Gasteiger partial charge in [-0.05, 0) is 45.3 Å². The summed E-state index contributed by atoms with van der Waals surface area (Å²) in [6, 6.07) is 8.15. The summed E-state index contributed by atoms with van der Waals surface area (Å²) in [4.78, 5) is 17.6. The Labute approximate surface area is 156 Å². The molecule has 136 valence electrons. The highest BCUT2D eigenvalue weighted by Crippen LogP contribution is 2.43. The fourth-order valence-electron chi connectivity index (χ4n) is 3.85. The number of rotatable bonds is 3. The minimum Gasteiger partial charge on any atom is -0.282 e. The minimum atomic E-state index is -0.0115. The van der Waals surface area contributed by atoms with E-state index in [1.807, 2.05) is 25.3 Å². The largest absolute Gasteiger partial charge is 0.282 e. The zero-order valence-corrected chi connectivity index (χ0v) is 16.8. The van der Waals surface area contributed by atoms with Crippen LogP contribution in [-0.2, 0) is 17.9 Å². The van der Waals surface area contributed by atoms with Gasteiger partial charge in [-0.2, -0.15) is 4.57 Å². The van der Waals surface area contributed by atoms with Crippen molar-refractivity contribution >= 4 is 11.9 Å². The molecule has 0 unspecified atom stereocenters. The molecule has 0 amide bonds. The van der Waals surface area contributed by atoms with Crippen molar-refractivity contribution in [2.45, 2.75) is 58.3 Å². The average Bonchev–Trinajstić information content (AvgIpc) is 2.58. The molecular weight excluding hydrogens is 320 g/mol. The Morgan fingerprint density at radius 2 is 1.69 bits per heavy atom. The summed E-state index contributed by atoms with van der Waals surface area (Å²) in [7, 11) is 2.00. The number of carbonyl (C=O) groups excluding carboxylic acids is 1. The summed E-state index contributed by atoms with van der Waals surface area (Å²) in [6.07, 6.45) is 7.47. The molecule has 0 radical (unpaired) electrons. The lowest BCUT2D eigenvalue weighted by molar-refractivity contribution is -0.686. The van der Waals surface area contributed by atoms with Crippen molar-refractivity contribution in [2.75, 3.05) is 0 Å². The molecule has 0 N–H and O–H groups in total. The molecular formula is C23H29N2O+. The summed E-state index contributed by atoms with van der Waals surface area (Å²) >= 11 is 0. The minimum absolute atomic E-state index is 0.0115. The Bertz CT molecular complexity index is 874. The predicted molar refractivity (Wildman–Crippen MR) is 105 cm³/mol. The van der Waals surface area contributed by atoms with Crippen molar-refractivity contribution < 1.29 is 9.36 Å². The van der Waals surface area contributed by atoms with Gasteiger partial charge in [0.05, 0.1) is 5.41 Å². The normalized spacial score (nSPS) is 17.9. The van der Waals surface area contributed by atoms with E-state index in [9.17, 15) is 4.79 Å². The number of hydrogen-bond acceptors (Lipinski definition) is 2. The van der Waals surface area contributed by atoms with Gasteiger partial charge in [0.2, 0.25) is 5.69 Å². The number of nitrogens with zero attached hydrogens (tertiary/aromatic N) is 2. The van der Waals surface area contributed by atoms with E-state index in [-0.39, 0.29) is 16.6 Å². The van der Waals surface area contributed by atoms with Crippen LogP contribution < -0.4 is 4.57 Å². The Morgan fingerprint density at radius 3 is 2.35 bits per heavy atom. The van der Waals surface area contributed by atoms with Gasteiger partial charge in [0.1, 0.15) is 18.9 Å². The molecule has 0 aliphatic heterocycles. The van der Waals surface area contributed by atoms with Crippen molar-refractivity contribution in [3.63, 3.8) is 0 Å². The zero-order valence-electron chi connectivity index (χ0n) is 16.8. The van der Waals surface area contributed by atoms with Crippen LogP contribution in [0.4, 0.5) is 0 Å². The molecule has 0 spiro atoms. The third-order valence-electron chi connectivity index (χ3n) is 5.65. The topological polar surface area (TPSA) is 33.8 Å². The maximum Gasteiger partial charge on any atom is 0.271 e. The fourth-order valence-corrected chi connectivity index (χ4v) is 3.85. The van der Waals surface area contributed by atoms with E-state index >= 15 is 0 Å². The second-order valence-electron chi connectivity index (χ2n) is 8.78. The standard InChI is InChI=1S/C23H29N2O/c1-16-7-9-17(10-8-16)11-12-19(26)18-15-24-20-21(25(18)6)23(4,5)14-13-22(20,2)3/h7-12,15H,13-14H2,1-6H3/q+1/b12-11+. The van der Waals surface area contributed by atoms with Gasteiger partial charge in [0, 0.05) is 5.41 Å². The number of benzene rings is 1. The molecule has 1 aliphatic rings. The van der Waals surface area contributed by atoms with Crippen LogP contribution in [0.3, 0.4) is 0 Å². The van der Waals surface area contributed by atoms with Gasteiger partial charge in [-0.3, -0.25) is 4.79 Å². The van der Waals surface area contributed by atoms with Gasteiger partial charge in [0.25, 0.3) is 11.5 Å². The Balaban J connectivity index is 1.99. The first-order chi connectivity index (χ1) is 12.1. The smallest absolute Gasteiger partial charge is 0.271 e. The molecule has 0 fully saturated rings. The van der Waals surface area contributed by atoms with Crippen molar-refractivity contribution in [2.24, 2.45) is 7.05 Å². The fraction of sp³-hybridized carbons (Fsp3) is 0.435. The number of hydrogen-bond donors (Lipinski definition) is 0. The maximum atomic E-state index is 12.8. The second-order valence-corrected chi connectivity index (χ2v) is 8.78. The number of aromatic nitrogens is 2. The van der Waals surface area contributed by atoms with E-state index in [1.54, 1.807) is 12.3 Å². The molecule has 3 nitrogen and oxygen atoms in total. The van der Waals surface area contributed by atoms with Crippen LogP contribution in [-0.4, -0.2) is 10.8 Å². The lowest BCUT2D eigenvalue weighted by atomic mass is 9.67. The molecule has 1 aliphatic carbocycles. The first-order valence-corrected chi connectivity index (χ1v) is 9.31. The van der Waals surface area contributed by atoms with Gasteiger partial charge in [-0.25, -0.2) is 4.98 Å². The molecule has 26 heavy (non-hydrogen) atoms. The lowest BCUT2D eigenvalue weighted by Gasteiger charge is -2.37. The summed E-state index contributed by atoms with van der Waals surface area (Å²) < 4.78 is 2.06. The van der Waals surface area contributed by atoms with Gasteiger partial charge in [-0.1, -0.05) is 49.8 Å². The zero-order chi connectivity index (χ0) is 19.1. The molecule has 0 saturated heterocycles. The molecule has 0 bridgehead atoms. The van der Waals surface area contributed by atoms with E-state index < -0.39 is 0 Å². The van der Waals surface area contributed by atoms with Crippen LogP contribution in [0.5, 0.6) is 0 Å². The maximum absolute atomic E-state index is 12.8. The van der Waals surface area contributed by atoms with Gasteiger partial charge in [0.15, 0.2) is 0 Å². The average molecular weight is 349 g/mol. The van der Waals surface area contributed by atoms with Crippen molar-refractivity contribution in [1.29, 1.82) is 0 Å². The number of carbonyl (C=O) groups is 1. The Morgan fingerprint density at radius 1 is 1.08 bits per heavy atom. The van der Waals surface area contributed by atoms with Crippen molar-refractivity contribution in [3.8, 4) is 0 Å². The van der Waals surface area contributed by atoms with Crippen molar-refractivity contribution in [3.05, 3.63) is 64.7 Å². The summed E-state index contributed by atoms with van der Waals surface area (Å²) in [5.41, 5.74) is 5.24. The predicted octanol–water partition coefficient (Wildman–Crippen LogP) is 4.46. The summed E-state index contributed by atoms with van der Waals surface area (Å²) in [6.45, 7) is 11.0. The van der Waals surface area contributed by atoms with Crippen LogP contribution in [0, 0.1) is 6.92 Å². The Kier molecular flexibility index (Phi) is 4.60.